The van der Waals surface area contributed by atoms with Gasteiger partial charge >= 0.3 is 0 Å². The number of aryl methyl sites for hydroxylation is 3. The number of carbonyl (C=O) groups is 1. The molecule has 0 unspecified atom stereocenters. The number of fused-ring (bicyclic) bond motifs is 2. The Morgan fingerprint density at radius 1 is 1.09 bits per heavy atom. The molecule has 2 aromatic carbocycles. The molecule has 0 bridgehead atoms. The van der Waals surface area contributed by atoms with Crippen molar-refractivity contribution in [2.24, 2.45) is 10.7 Å². The molecule has 7 nitrogen and oxygen atoms in total. The molecule has 0 aliphatic carbocycles. The summed E-state index contributed by atoms with van der Waals surface area (Å²) < 4.78 is 0. The second kappa shape index (κ2) is 9.70. The lowest BCUT2D eigenvalue weighted by atomic mass is 9.96. The van der Waals surface area contributed by atoms with E-state index in [0.717, 1.165) is 49.5 Å². The van der Waals surface area contributed by atoms with Crippen LogP contribution in [0, 0.1) is 20.8 Å². The number of nitrogens with two attached hydrogens (primary N) is 2. The second-order valence-corrected chi connectivity index (χ2v) is 8.40. The molecular weight excluding hydrogens is 424 g/mol. The van der Waals surface area contributed by atoms with Crippen LogP contribution in [-0.4, -0.2) is 22.1 Å². The lowest BCUT2D eigenvalue weighted by molar-refractivity contribution is -0.117. The summed E-state index contributed by atoms with van der Waals surface area (Å²) in [5.41, 5.74) is 18.3. The molecule has 1 amide bonds. The lowest BCUT2D eigenvalue weighted by Gasteiger charge is -2.15. The van der Waals surface area contributed by atoms with Gasteiger partial charge in [0.1, 0.15) is 5.82 Å². The zero-order valence-corrected chi connectivity index (χ0v) is 19.6. The van der Waals surface area contributed by atoms with E-state index in [9.17, 15) is 4.79 Å². The number of nitrogen functional groups attached to an aromatic ring is 1. The number of nitrogens with zero attached hydrogens (tertiary/aromatic N) is 3. The number of rotatable bonds is 6. The van der Waals surface area contributed by atoms with E-state index in [1.807, 2.05) is 51.2 Å². The summed E-state index contributed by atoms with van der Waals surface area (Å²) in [5.74, 6) is 0.222. The standard InChI is InChI=1S/C27H28N6O/c1-16-8-20-10-19(4-5-25(20)32-12-16)13-30-14-21(11-28)27(34)33-15-24-17(2)9-23-22(18(24)3)6-7-31-26(23)29/h4-12,14H,13,15,28H2,1-3H3,(H2,29,31)(H,33,34)/b21-11+,30-14?. The highest BCUT2D eigenvalue weighted by Crippen LogP contribution is 2.27. The van der Waals surface area contributed by atoms with E-state index in [2.05, 4.69) is 32.4 Å². The van der Waals surface area contributed by atoms with Crippen molar-refractivity contribution < 1.29 is 4.79 Å². The Bertz CT molecular complexity index is 1460. The minimum Gasteiger partial charge on any atom is -0.404 e. The number of hydrogen-bond acceptors (Lipinski definition) is 6. The highest BCUT2D eigenvalue weighted by atomic mass is 16.1. The van der Waals surface area contributed by atoms with Gasteiger partial charge in [0.2, 0.25) is 0 Å². The van der Waals surface area contributed by atoms with Crippen LogP contribution in [-0.2, 0) is 17.9 Å². The summed E-state index contributed by atoms with van der Waals surface area (Å²) in [6, 6.07) is 12.1. The summed E-state index contributed by atoms with van der Waals surface area (Å²) in [6.45, 7) is 6.85. The molecule has 5 N–H and O–H groups in total. The Labute approximate surface area is 198 Å². The maximum Gasteiger partial charge on any atom is 0.254 e. The van der Waals surface area contributed by atoms with Crippen molar-refractivity contribution in [3.63, 3.8) is 0 Å². The zero-order valence-electron chi connectivity index (χ0n) is 19.6. The van der Waals surface area contributed by atoms with Crippen molar-refractivity contribution in [3.8, 4) is 0 Å². The average Bonchev–Trinajstić information content (AvgIpc) is 2.82. The van der Waals surface area contributed by atoms with Crippen LogP contribution in [0.15, 0.2) is 65.6 Å². The summed E-state index contributed by atoms with van der Waals surface area (Å²) in [7, 11) is 0. The molecule has 0 fully saturated rings. The van der Waals surface area contributed by atoms with Gasteiger partial charge in [0.15, 0.2) is 0 Å². The van der Waals surface area contributed by atoms with Gasteiger partial charge in [-0.15, -0.1) is 0 Å². The first-order valence-corrected chi connectivity index (χ1v) is 11.1. The van der Waals surface area contributed by atoms with Gasteiger partial charge in [0.05, 0.1) is 17.6 Å². The summed E-state index contributed by atoms with van der Waals surface area (Å²) in [6.07, 6.45) is 6.34. The van der Waals surface area contributed by atoms with E-state index in [4.69, 9.17) is 11.5 Å². The zero-order chi connectivity index (χ0) is 24.2. The maximum atomic E-state index is 12.8. The molecule has 0 spiro atoms. The summed E-state index contributed by atoms with van der Waals surface area (Å²) in [5, 5.41) is 5.97. The van der Waals surface area contributed by atoms with Gasteiger partial charge in [-0.1, -0.05) is 6.07 Å². The highest BCUT2D eigenvalue weighted by molar-refractivity contribution is 6.12. The molecule has 0 aliphatic heterocycles. The number of carbonyl (C=O) groups excluding carboxylic acids is 1. The Kier molecular flexibility index (Phi) is 6.54. The van der Waals surface area contributed by atoms with Crippen molar-refractivity contribution >= 4 is 39.6 Å². The van der Waals surface area contributed by atoms with Crippen molar-refractivity contribution in [2.75, 3.05) is 5.73 Å². The summed E-state index contributed by atoms with van der Waals surface area (Å²) in [4.78, 5) is 25.8. The molecule has 0 aliphatic rings. The number of hydrogen-bond donors (Lipinski definition) is 3. The normalized spacial score (nSPS) is 12.0. The van der Waals surface area contributed by atoms with Crippen LogP contribution in [0.2, 0.25) is 0 Å². The van der Waals surface area contributed by atoms with E-state index in [0.29, 0.717) is 24.5 Å². The Morgan fingerprint density at radius 2 is 1.91 bits per heavy atom. The quantitative estimate of drug-likeness (QED) is 0.301. The van der Waals surface area contributed by atoms with Crippen LogP contribution in [0.4, 0.5) is 5.82 Å². The highest BCUT2D eigenvalue weighted by Gasteiger charge is 2.12. The summed E-state index contributed by atoms with van der Waals surface area (Å²) >= 11 is 0. The van der Waals surface area contributed by atoms with Gasteiger partial charge in [-0.05, 0) is 84.3 Å². The monoisotopic (exact) mass is 452 g/mol. The van der Waals surface area contributed by atoms with Crippen molar-refractivity contribution in [1.82, 2.24) is 15.3 Å². The molecule has 0 saturated heterocycles. The molecule has 34 heavy (non-hydrogen) atoms. The van der Waals surface area contributed by atoms with Gasteiger partial charge in [0, 0.05) is 42.1 Å². The van der Waals surface area contributed by atoms with E-state index in [1.54, 1.807) is 6.20 Å². The number of nitrogens with one attached hydrogen (secondary N) is 1. The maximum absolute atomic E-state index is 12.8. The van der Waals surface area contributed by atoms with Crippen LogP contribution < -0.4 is 16.8 Å². The average molecular weight is 453 g/mol. The first-order chi connectivity index (χ1) is 16.4. The van der Waals surface area contributed by atoms with E-state index < -0.39 is 0 Å². The number of amides is 1. The molecule has 0 atom stereocenters. The Morgan fingerprint density at radius 3 is 2.71 bits per heavy atom. The van der Waals surface area contributed by atoms with Crippen LogP contribution in [0.5, 0.6) is 0 Å². The minimum absolute atomic E-state index is 0.280. The lowest BCUT2D eigenvalue weighted by Crippen LogP contribution is -2.26. The number of benzene rings is 2. The van der Waals surface area contributed by atoms with Crippen molar-refractivity contribution in [2.45, 2.75) is 33.9 Å². The molecule has 172 valence electrons. The molecule has 0 radical (unpaired) electrons. The van der Waals surface area contributed by atoms with Crippen molar-refractivity contribution in [3.05, 3.63) is 88.4 Å². The minimum atomic E-state index is -0.280. The van der Waals surface area contributed by atoms with Gasteiger partial charge in [0.25, 0.3) is 5.91 Å². The Balaban J connectivity index is 1.44. The van der Waals surface area contributed by atoms with E-state index in [-0.39, 0.29) is 5.91 Å². The topological polar surface area (TPSA) is 119 Å². The second-order valence-electron chi connectivity index (χ2n) is 8.40. The predicted molar refractivity (Wildman–Crippen MR) is 138 cm³/mol. The molecule has 2 aromatic heterocycles. The molecule has 4 aromatic rings. The van der Waals surface area contributed by atoms with Gasteiger partial charge in [-0.2, -0.15) is 0 Å². The van der Waals surface area contributed by atoms with Crippen LogP contribution in [0.3, 0.4) is 0 Å². The van der Waals surface area contributed by atoms with Crippen LogP contribution in [0.25, 0.3) is 21.7 Å². The molecule has 7 heteroatoms. The third-order valence-electron chi connectivity index (χ3n) is 5.97. The number of anilines is 1. The van der Waals surface area contributed by atoms with Crippen LogP contribution in [0.1, 0.15) is 27.8 Å². The van der Waals surface area contributed by atoms with Crippen LogP contribution >= 0.6 is 0 Å². The van der Waals surface area contributed by atoms with Gasteiger partial charge < -0.3 is 16.8 Å². The molecule has 0 saturated carbocycles. The molecule has 4 rings (SSSR count). The van der Waals surface area contributed by atoms with Gasteiger partial charge in [-0.3, -0.25) is 14.8 Å². The van der Waals surface area contributed by atoms with E-state index >= 15 is 0 Å². The first-order valence-electron chi connectivity index (χ1n) is 11.1. The number of pyridine rings is 2. The third kappa shape index (κ3) is 4.73. The largest absolute Gasteiger partial charge is 0.404 e. The fourth-order valence-corrected chi connectivity index (χ4v) is 4.09. The molecular formula is C27H28N6O. The first kappa shape index (κ1) is 22.9. The third-order valence-corrected chi connectivity index (χ3v) is 5.97. The predicted octanol–water partition coefficient (Wildman–Crippen LogP) is 4.02. The van der Waals surface area contributed by atoms with Gasteiger partial charge in [-0.25, -0.2) is 4.98 Å². The number of aliphatic imine (C=N–C) groups is 1. The fourth-order valence-electron chi connectivity index (χ4n) is 4.09. The van der Waals surface area contributed by atoms with E-state index in [1.165, 1.54) is 12.4 Å². The number of aromatic nitrogens is 2. The smallest absolute Gasteiger partial charge is 0.254 e. The fraction of sp³-hybridized carbons (Fsp3) is 0.185. The SMILES string of the molecule is Cc1cnc2ccc(CN=C/C(=C\N)C(=O)NCc3c(C)cc4c(N)nccc4c3C)cc2c1. The van der Waals surface area contributed by atoms with Crippen molar-refractivity contribution in [1.29, 1.82) is 0 Å². The Hall–Kier alpha value is -4.26. The molecule has 2 heterocycles.